The summed E-state index contributed by atoms with van der Waals surface area (Å²) in [6, 6.07) is 8.17. The predicted molar refractivity (Wildman–Crippen MR) is 114 cm³/mol. The highest BCUT2D eigenvalue weighted by Gasteiger charge is 2.17. The summed E-state index contributed by atoms with van der Waals surface area (Å²) in [5.74, 6) is 0.0852. The highest BCUT2D eigenvalue weighted by molar-refractivity contribution is 6.05. The van der Waals surface area contributed by atoms with E-state index in [0.29, 0.717) is 36.6 Å². The van der Waals surface area contributed by atoms with Crippen LogP contribution in [0.4, 0.5) is 5.69 Å². The molecule has 0 radical (unpaired) electrons. The van der Waals surface area contributed by atoms with Gasteiger partial charge in [-0.3, -0.25) is 14.4 Å². The summed E-state index contributed by atoms with van der Waals surface area (Å²) in [5, 5.41) is 2.63. The molecule has 0 unspecified atom stereocenters. The molecule has 29 heavy (non-hydrogen) atoms. The second kappa shape index (κ2) is 10.5. The molecule has 1 heterocycles. The van der Waals surface area contributed by atoms with Crippen molar-refractivity contribution in [1.29, 1.82) is 0 Å². The first-order valence-electron chi connectivity index (χ1n) is 9.95. The van der Waals surface area contributed by atoms with E-state index in [4.69, 9.17) is 4.74 Å². The third-order valence-electron chi connectivity index (χ3n) is 4.61. The van der Waals surface area contributed by atoms with Crippen molar-refractivity contribution >= 4 is 17.5 Å². The lowest BCUT2D eigenvalue weighted by atomic mass is 10.2. The average Bonchev–Trinajstić information content (AvgIpc) is 2.72. The van der Waals surface area contributed by atoms with Gasteiger partial charge < -0.3 is 19.5 Å². The Morgan fingerprint density at radius 3 is 2.31 bits per heavy atom. The van der Waals surface area contributed by atoms with Gasteiger partial charge >= 0.3 is 0 Å². The molecule has 0 saturated heterocycles. The highest BCUT2D eigenvalue weighted by Crippen LogP contribution is 2.15. The topological polar surface area (TPSA) is 80.6 Å². The Bertz CT molecular complexity index is 899. The van der Waals surface area contributed by atoms with Crippen molar-refractivity contribution in [1.82, 2.24) is 9.47 Å². The second-order valence-corrected chi connectivity index (χ2v) is 6.72. The summed E-state index contributed by atoms with van der Waals surface area (Å²) in [4.78, 5) is 39.3. The van der Waals surface area contributed by atoms with Crippen LogP contribution in [0.3, 0.4) is 0 Å². The normalized spacial score (nSPS) is 10.5. The number of amides is 2. The number of rotatable bonds is 9. The molecule has 2 aromatic rings. The number of aryl methyl sites for hydroxylation is 1. The number of aromatic nitrogens is 1. The van der Waals surface area contributed by atoms with Crippen LogP contribution in [-0.2, 0) is 7.05 Å². The van der Waals surface area contributed by atoms with E-state index < -0.39 is 5.91 Å². The maximum absolute atomic E-state index is 12.6. The molecule has 0 bridgehead atoms. The molecule has 7 heteroatoms. The van der Waals surface area contributed by atoms with Crippen LogP contribution in [0, 0.1) is 0 Å². The van der Waals surface area contributed by atoms with Gasteiger partial charge in [0.15, 0.2) is 0 Å². The minimum absolute atomic E-state index is 0.0683. The van der Waals surface area contributed by atoms with Crippen molar-refractivity contribution in [3.05, 3.63) is 58.0 Å². The SMILES string of the molecule is CCCCOc1ccc(C(=O)Nc2cc(C(=O)N(CC)CC)cn(C)c2=O)cc1. The first-order valence-corrected chi connectivity index (χ1v) is 9.95. The van der Waals surface area contributed by atoms with Gasteiger partial charge in [0, 0.05) is 31.9 Å². The molecule has 0 atom stereocenters. The molecule has 0 aliphatic heterocycles. The molecule has 7 nitrogen and oxygen atoms in total. The van der Waals surface area contributed by atoms with Gasteiger partial charge in [-0.15, -0.1) is 0 Å². The van der Waals surface area contributed by atoms with Gasteiger partial charge in [-0.2, -0.15) is 0 Å². The lowest BCUT2D eigenvalue weighted by Crippen LogP contribution is -2.32. The molecule has 0 aliphatic carbocycles. The molecule has 1 aromatic heterocycles. The first-order chi connectivity index (χ1) is 13.9. The number of anilines is 1. The predicted octanol–water partition coefficient (Wildman–Crippen LogP) is 3.30. The Balaban J connectivity index is 2.19. The number of ether oxygens (including phenoxy) is 1. The number of pyridine rings is 1. The summed E-state index contributed by atoms with van der Waals surface area (Å²) in [6.45, 7) is 7.62. The lowest BCUT2D eigenvalue weighted by Gasteiger charge is -2.19. The van der Waals surface area contributed by atoms with Gasteiger partial charge in [0.05, 0.1) is 12.2 Å². The molecule has 0 aliphatic rings. The largest absolute Gasteiger partial charge is 0.494 e. The maximum Gasteiger partial charge on any atom is 0.274 e. The van der Waals surface area contributed by atoms with Crippen LogP contribution in [0.25, 0.3) is 0 Å². The number of nitrogens with one attached hydrogen (secondary N) is 1. The monoisotopic (exact) mass is 399 g/mol. The Morgan fingerprint density at radius 2 is 1.72 bits per heavy atom. The summed E-state index contributed by atoms with van der Waals surface area (Å²) in [5.41, 5.74) is 0.439. The minimum atomic E-state index is -0.422. The second-order valence-electron chi connectivity index (χ2n) is 6.72. The quantitative estimate of drug-likeness (QED) is 0.656. The van der Waals surface area contributed by atoms with E-state index >= 15 is 0 Å². The number of carbonyl (C=O) groups excluding carboxylic acids is 2. The third-order valence-corrected chi connectivity index (χ3v) is 4.61. The minimum Gasteiger partial charge on any atom is -0.494 e. The Kier molecular flexibility index (Phi) is 8.00. The zero-order chi connectivity index (χ0) is 21.4. The zero-order valence-electron chi connectivity index (χ0n) is 17.5. The van der Waals surface area contributed by atoms with Crippen molar-refractivity contribution in [2.24, 2.45) is 7.05 Å². The smallest absolute Gasteiger partial charge is 0.274 e. The van der Waals surface area contributed by atoms with Gasteiger partial charge in [-0.25, -0.2) is 0 Å². The van der Waals surface area contributed by atoms with E-state index in [9.17, 15) is 14.4 Å². The molecule has 0 spiro atoms. The average molecular weight is 399 g/mol. The van der Waals surface area contributed by atoms with Crippen LogP contribution in [0.1, 0.15) is 54.3 Å². The van der Waals surface area contributed by atoms with Gasteiger partial charge in [0.25, 0.3) is 17.4 Å². The molecule has 0 saturated carbocycles. The zero-order valence-corrected chi connectivity index (χ0v) is 17.5. The van der Waals surface area contributed by atoms with Crippen molar-refractivity contribution < 1.29 is 14.3 Å². The van der Waals surface area contributed by atoms with Crippen molar-refractivity contribution in [3.8, 4) is 5.75 Å². The fourth-order valence-electron chi connectivity index (χ4n) is 2.84. The molecule has 1 aromatic carbocycles. The molecule has 2 amide bonds. The van der Waals surface area contributed by atoms with E-state index in [0.717, 1.165) is 12.8 Å². The summed E-state index contributed by atoms with van der Waals surface area (Å²) >= 11 is 0. The molecule has 2 rings (SSSR count). The number of benzene rings is 1. The fraction of sp³-hybridized carbons (Fsp3) is 0.409. The fourth-order valence-corrected chi connectivity index (χ4v) is 2.84. The van der Waals surface area contributed by atoms with E-state index in [1.807, 2.05) is 13.8 Å². The molecular weight excluding hydrogens is 370 g/mol. The summed E-state index contributed by atoms with van der Waals surface area (Å²) in [6.07, 6.45) is 3.50. The molecule has 156 valence electrons. The van der Waals surface area contributed by atoms with Crippen LogP contribution in [0.2, 0.25) is 0 Å². The number of nitrogens with zero attached hydrogens (tertiary/aromatic N) is 2. The van der Waals surface area contributed by atoms with E-state index in [1.54, 1.807) is 36.2 Å². The molecule has 1 N–H and O–H groups in total. The van der Waals surface area contributed by atoms with Crippen LogP contribution in [-0.4, -0.2) is 41.0 Å². The van der Waals surface area contributed by atoms with Crippen molar-refractivity contribution in [2.45, 2.75) is 33.6 Å². The third kappa shape index (κ3) is 5.70. The van der Waals surface area contributed by atoms with Crippen LogP contribution in [0.5, 0.6) is 5.75 Å². The van der Waals surface area contributed by atoms with Gasteiger partial charge in [0.2, 0.25) is 0 Å². The first kappa shape index (κ1) is 22.2. The van der Waals surface area contributed by atoms with Crippen molar-refractivity contribution in [2.75, 3.05) is 25.0 Å². The number of hydrogen-bond acceptors (Lipinski definition) is 4. The molecular formula is C22H29N3O4. The summed E-state index contributed by atoms with van der Waals surface area (Å²) < 4.78 is 6.90. The number of carbonyl (C=O) groups is 2. The Morgan fingerprint density at radius 1 is 1.07 bits per heavy atom. The van der Waals surface area contributed by atoms with Gasteiger partial charge in [-0.1, -0.05) is 13.3 Å². The van der Waals surface area contributed by atoms with Crippen LogP contribution < -0.4 is 15.6 Å². The van der Waals surface area contributed by atoms with E-state index in [2.05, 4.69) is 12.2 Å². The lowest BCUT2D eigenvalue weighted by molar-refractivity contribution is 0.0771. The number of unbranched alkanes of at least 4 members (excludes halogenated alkanes) is 1. The summed E-state index contributed by atoms with van der Waals surface area (Å²) in [7, 11) is 1.55. The highest BCUT2D eigenvalue weighted by atomic mass is 16.5. The van der Waals surface area contributed by atoms with Gasteiger partial charge in [0.1, 0.15) is 11.4 Å². The Hall–Kier alpha value is -3.09. The Labute approximate surface area is 171 Å². The van der Waals surface area contributed by atoms with Crippen LogP contribution >= 0.6 is 0 Å². The maximum atomic E-state index is 12.6. The van der Waals surface area contributed by atoms with Gasteiger partial charge in [-0.05, 0) is 50.6 Å². The van der Waals surface area contributed by atoms with Crippen LogP contribution in [0.15, 0.2) is 41.3 Å². The molecule has 0 fully saturated rings. The van der Waals surface area contributed by atoms with E-state index in [-0.39, 0.29) is 17.2 Å². The van der Waals surface area contributed by atoms with E-state index in [1.165, 1.54) is 16.8 Å². The van der Waals surface area contributed by atoms with Crippen molar-refractivity contribution in [3.63, 3.8) is 0 Å². The standard InChI is InChI=1S/C22H29N3O4/c1-5-8-13-29-18-11-9-16(10-12-18)20(26)23-19-14-17(15-24(4)22(19)28)21(27)25(6-2)7-3/h9-12,14-15H,5-8,13H2,1-4H3,(H,23,26). The number of hydrogen-bond donors (Lipinski definition) is 1.